The maximum Gasteiger partial charge on any atom is 0.306 e. The number of allylic oxidation sites excluding steroid dienone is 10. The molecule has 0 aliphatic carbocycles. The first-order chi connectivity index (χ1) is 38.5. The Bertz CT molecular complexity index is 1390. The van der Waals surface area contributed by atoms with Crippen molar-refractivity contribution >= 4 is 17.9 Å². The van der Waals surface area contributed by atoms with Gasteiger partial charge in [0.25, 0.3) is 0 Å². The van der Waals surface area contributed by atoms with E-state index >= 15 is 0 Å². The molecule has 1 unspecified atom stereocenters. The number of carbonyl (C=O) groups is 3. The van der Waals surface area contributed by atoms with Crippen LogP contribution in [0.2, 0.25) is 0 Å². The Hall–Kier alpha value is -2.89. The number of rotatable bonds is 63. The van der Waals surface area contributed by atoms with Crippen molar-refractivity contribution in [3.8, 4) is 0 Å². The van der Waals surface area contributed by atoms with Crippen molar-refractivity contribution in [3.05, 3.63) is 60.8 Å². The Morgan fingerprint density at radius 2 is 0.500 bits per heavy atom. The fourth-order valence-electron chi connectivity index (χ4n) is 10.1. The van der Waals surface area contributed by atoms with E-state index in [4.69, 9.17) is 14.2 Å². The van der Waals surface area contributed by atoms with Crippen LogP contribution in [0.25, 0.3) is 0 Å². The van der Waals surface area contributed by atoms with Crippen LogP contribution in [0.3, 0.4) is 0 Å². The second-order valence-electron chi connectivity index (χ2n) is 23.1. The average Bonchev–Trinajstić information content (AvgIpc) is 3.44. The summed E-state index contributed by atoms with van der Waals surface area (Å²) < 4.78 is 16.9. The van der Waals surface area contributed by atoms with Gasteiger partial charge in [0.05, 0.1) is 0 Å². The van der Waals surface area contributed by atoms with E-state index in [0.29, 0.717) is 19.3 Å². The molecule has 0 aromatic heterocycles. The van der Waals surface area contributed by atoms with E-state index in [-0.39, 0.29) is 31.1 Å². The normalized spacial score (nSPS) is 12.4. The monoisotopic (exact) mass is 1090 g/mol. The molecule has 0 N–H and O–H groups in total. The van der Waals surface area contributed by atoms with Gasteiger partial charge in [-0.3, -0.25) is 14.4 Å². The molecule has 0 radical (unpaired) electrons. The Balaban J connectivity index is 4.25. The molecule has 0 aliphatic rings. The molecular formula is C72H130O6. The minimum Gasteiger partial charge on any atom is -0.462 e. The van der Waals surface area contributed by atoms with E-state index in [0.717, 1.165) is 103 Å². The van der Waals surface area contributed by atoms with Gasteiger partial charge >= 0.3 is 17.9 Å². The molecule has 6 nitrogen and oxygen atoms in total. The quantitative estimate of drug-likeness (QED) is 0.0261. The summed E-state index contributed by atoms with van der Waals surface area (Å²) >= 11 is 0. The second kappa shape index (κ2) is 66.6. The van der Waals surface area contributed by atoms with Gasteiger partial charge in [0, 0.05) is 19.3 Å². The molecule has 0 saturated heterocycles. The molecule has 0 aliphatic heterocycles. The zero-order chi connectivity index (χ0) is 56.4. The lowest BCUT2D eigenvalue weighted by molar-refractivity contribution is -0.167. The maximum atomic E-state index is 12.9. The van der Waals surface area contributed by atoms with Crippen LogP contribution in [0.5, 0.6) is 0 Å². The molecule has 78 heavy (non-hydrogen) atoms. The van der Waals surface area contributed by atoms with E-state index in [1.54, 1.807) is 0 Å². The molecule has 0 saturated carbocycles. The molecule has 0 fully saturated rings. The fourth-order valence-corrected chi connectivity index (χ4v) is 10.1. The summed E-state index contributed by atoms with van der Waals surface area (Å²) in [6.45, 7) is 6.55. The molecular weight excluding hydrogens is 961 g/mol. The smallest absolute Gasteiger partial charge is 0.306 e. The van der Waals surface area contributed by atoms with Gasteiger partial charge in [0.1, 0.15) is 13.2 Å². The molecule has 0 rings (SSSR count). The van der Waals surface area contributed by atoms with Gasteiger partial charge in [-0.15, -0.1) is 0 Å². The number of unbranched alkanes of at least 4 members (excludes halogenated alkanes) is 42. The van der Waals surface area contributed by atoms with Crippen molar-refractivity contribution in [2.24, 2.45) is 0 Å². The molecule has 454 valence electrons. The van der Waals surface area contributed by atoms with Gasteiger partial charge in [0.15, 0.2) is 6.10 Å². The summed E-state index contributed by atoms with van der Waals surface area (Å²) in [5.74, 6) is -0.896. The molecule has 0 aromatic rings. The number of carbonyl (C=O) groups excluding carboxylic acids is 3. The van der Waals surface area contributed by atoms with Crippen LogP contribution in [0.4, 0.5) is 0 Å². The molecule has 0 spiro atoms. The third kappa shape index (κ3) is 63.9. The van der Waals surface area contributed by atoms with Gasteiger partial charge in [-0.05, 0) is 83.5 Å². The standard InChI is InChI=1S/C72H130O6/c1-4-7-10-13-16-19-22-25-28-30-31-32-33-34-35-36-37-38-39-40-42-44-47-50-53-56-59-62-65-71(74)77-68-69(67-76-70(73)64-61-58-55-52-49-46-43-27-24-21-18-15-12-9-6-3)78-72(75)66-63-60-57-54-51-48-45-41-29-26-23-20-17-14-11-8-5-2/h8,11,17,20,26-27,29,43,45,48,69H,4-7,9-10,12-16,18-19,21-25,28,30-42,44,46-47,49-68H2,1-3H3/b11-8-,20-17-,29-26-,43-27-,48-45-. The van der Waals surface area contributed by atoms with Gasteiger partial charge in [-0.2, -0.15) is 0 Å². The van der Waals surface area contributed by atoms with Crippen molar-refractivity contribution in [1.29, 1.82) is 0 Å². The summed E-state index contributed by atoms with van der Waals surface area (Å²) in [6, 6.07) is 0. The summed E-state index contributed by atoms with van der Waals surface area (Å²) in [7, 11) is 0. The van der Waals surface area contributed by atoms with Crippen LogP contribution in [0, 0.1) is 0 Å². The summed E-state index contributed by atoms with van der Waals surface area (Å²) in [6.07, 6.45) is 85.4. The minimum atomic E-state index is -0.790. The van der Waals surface area contributed by atoms with E-state index in [2.05, 4.69) is 81.5 Å². The first kappa shape index (κ1) is 75.1. The molecule has 0 amide bonds. The zero-order valence-electron chi connectivity index (χ0n) is 52.2. The predicted molar refractivity (Wildman–Crippen MR) is 339 cm³/mol. The molecule has 0 heterocycles. The van der Waals surface area contributed by atoms with Crippen molar-refractivity contribution < 1.29 is 28.6 Å². The van der Waals surface area contributed by atoms with Crippen molar-refractivity contribution in [2.45, 2.75) is 367 Å². The van der Waals surface area contributed by atoms with E-state index in [1.165, 1.54) is 218 Å². The predicted octanol–water partition coefficient (Wildman–Crippen LogP) is 23.5. The lowest BCUT2D eigenvalue weighted by atomic mass is 10.0. The average molecular weight is 1090 g/mol. The van der Waals surface area contributed by atoms with E-state index < -0.39 is 6.10 Å². The second-order valence-corrected chi connectivity index (χ2v) is 23.1. The van der Waals surface area contributed by atoms with Crippen molar-refractivity contribution in [3.63, 3.8) is 0 Å². The maximum absolute atomic E-state index is 12.9. The highest BCUT2D eigenvalue weighted by Crippen LogP contribution is 2.18. The SMILES string of the molecule is CC/C=C\C/C=C\C/C=C\C/C=C\CCCCCCC(=O)OC(COC(=O)CCCCCCC/C=C\CCCCCCCC)COC(=O)CCCCCCCCCCCCCCCCCCCCCCCCCCCCCC. The lowest BCUT2D eigenvalue weighted by Crippen LogP contribution is -2.30. The van der Waals surface area contributed by atoms with Gasteiger partial charge < -0.3 is 14.2 Å². The lowest BCUT2D eigenvalue weighted by Gasteiger charge is -2.18. The van der Waals surface area contributed by atoms with Crippen LogP contribution in [-0.4, -0.2) is 37.2 Å². The van der Waals surface area contributed by atoms with E-state index in [9.17, 15) is 14.4 Å². The minimum absolute atomic E-state index is 0.0837. The Labute approximate surface area is 485 Å². The molecule has 1 atom stereocenters. The molecule has 0 aromatic carbocycles. The van der Waals surface area contributed by atoms with Crippen LogP contribution >= 0.6 is 0 Å². The van der Waals surface area contributed by atoms with Crippen LogP contribution < -0.4 is 0 Å². The highest BCUT2D eigenvalue weighted by Gasteiger charge is 2.19. The number of hydrogen-bond acceptors (Lipinski definition) is 6. The van der Waals surface area contributed by atoms with Crippen LogP contribution in [-0.2, 0) is 28.6 Å². The molecule has 6 heteroatoms. The fraction of sp³-hybridized carbons (Fsp3) is 0.819. The Morgan fingerprint density at radius 1 is 0.269 bits per heavy atom. The third-order valence-corrected chi connectivity index (χ3v) is 15.3. The highest BCUT2D eigenvalue weighted by atomic mass is 16.6. The van der Waals surface area contributed by atoms with Gasteiger partial charge in [-0.25, -0.2) is 0 Å². The first-order valence-corrected chi connectivity index (χ1v) is 34.3. The first-order valence-electron chi connectivity index (χ1n) is 34.3. The number of ether oxygens (including phenoxy) is 3. The Morgan fingerprint density at radius 3 is 0.795 bits per heavy atom. The largest absolute Gasteiger partial charge is 0.462 e. The van der Waals surface area contributed by atoms with Crippen LogP contribution in [0.15, 0.2) is 60.8 Å². The van der Waals surface area contributed by atoms with Gasteiger partial charge in [-0.1, -0.05) is 319 Å². The topological polar surface area (TPSA) is 78.9 Å². The van der Waals surface area contributed by atoms with Crippen LogP contribution in [0.1, 0.15) is 361 Å². The Kier molecular flexibility index (Phi) is 64.2. The molecule has 0 bridgehead atoms. The summed E-state index contributed by atoms with van der Waals surface area (Å²) in [5, 5.41) is 0. The van der Waals surface area contributed by atoms with Crippen molar-refractivity contribution in [2.75, 3.05) is 13.2 Å². The van der Waals surface area contributed by atoms with Gasteiger partial charge in [0.2, 0.25) is 0 Å². The third-order valence-electron chi connectivity index (χ3n) is 15.3. The summed E-state index contributed by atoms with van der Waals surface area (Å²) in [5.41, 5.74) is 0. The van der Waals surface area contributed by atoms with Crippen molar-refractivity contribution in [1.82, 2.24) is 0 Å². The summed E-state index contributed by atoms with van der Waals surface area (Å²) in [4.78, 5) is 38.4. The number of esters is 3. The number of hydrogen-bond donors (Lipinski definition) is 0. The van der Waals surface area contributed by atoms with E-state index in [1.807, 2.05) is 0 Å². The highest BCUT2D eigenvalue weighted by molar-refractivity contribution is 5.71. The zero-order valence-corrected chi connectivity index (χ0v) is 52.2.